The molecule has 0 atom stereocenters. The molecule has 0 fully saturated rings. The number of anilines is 1. The highest BCUT2D eigenvalue weighted by molar-refractivity contribution is 6.09. The summed E-state index contributed by atoms with van der Waals surface area (Å²) in [4.78, 5) is 24.6. The van der Waals surface area contributed by atoms with Crippen LogP contribution in [-0.2, 0) is 16.1 Å². The fourth-order valence-corrected chi connectivity index (χ4v) is 2.01. The molecule has 2 rings (SSSR count). The maximum absolute atomic E-state index is 13.6. The van der Waals surface area contributed by atoms with Gasteiger partial charge in [0.1, 0.15) is 22.9 Å². The zero-order valence-electron chi connectivity index (χ0n) is 13.7. The Bertz CT molecular complexity index is 807. The van der Waals surface area contributed by atoms with Crippen LogP contribution in [0.4, 0.5) is 18.9 Å². The van der Waals surface area contributed by atoms with E-state index in [0.29, 0.717) is 6.07 Å². The first-order chi connectivity index (χ1) is 11.7. The molecule has 0 aliphatic rings. The van der Waals surface area contributed by atoms with E-state index in [-0.39, 0.29) is 17.8 Å². The van der Waals surface area contributed by atoms with Crippen LogP contribution in [-0.4, -0.2) is 11.8 Å². The molecule has 4 nitrogen and oxygen atoms in total. The van der Waals surface area contributed by atoms with Gasteiger partial charge in [0.25, 0.3) is 0 Å². The second kappa shape index (κ2) is 7.38. The average Bonchev–Trinajstić information content (AvgIpc) is 2.56. The van der Waals surface area contributed by atoms with Gasteiger partial charge in [0.2, 0.25) is 11.8 Å². The molecule has 0 aliphatic heterocycles. The number of hydrogen-bond donors (Lipinski definition) is 2. The Morgan fingerprint density at radius 3 is 2.28 bits per heavy atom. The summed E-state index contributed by atoms with van der Waals surface area (Å²) in [5.41, 5.74) is -1.51. The molecule has 0 aliphatic carbocycles. The molecule has 0 bridgehead atoms. The first-order valence-corrected chi connectivity index (χ1v) is 7.50. The Labute approximate surface area is 143 Å². The Morgan fingerprint density at radius 2 is 1.64 bits per heavy atom. The third kappa shape index (κ3) is 4.37. The summed E-state index contributed by atoms with van der Waals surface area (Å²) >= 11 is 0. The number of nitrogens with one attached hydrogen (secondary N) is 2. The van der Waals surface area contributed by atoms with E-state index in [1.54, 1.807) is 6.07 Å². The molecule has 2 aromatic rings. The van der Waals surface area contributed by atoms with Gasteiger partial charge < -0.3 is 10.6 Å². The van der Waals surface area contributed by atoms with Gasteiger partial charge in [-0.2, -0.15) is 0 Å². The molecule has 0 spiro atoms. The summed E-state index contributed by atoms with van der Waals surface area (Å²) in [5, 5.41) is 4.73. The Hall–Kier alpha value is -2.83. The molecular formula is C18H17F3N2O2. The van der Waals surface area contributed by atoms with Crippen LogP contribution in [0.15, 0.2) is 42.5 Å². The minimum atomic E-state index is -1.55. The minimum absolute atomic E-state index is 0.0902. The van der Waals surface area contributed by atoms with Crippen LogP contribution in [0.5, 0.6) is 0 Å². The summed E-state index contributed by atoms with van der Waals surface area (Å²) in [6, 6.07) is 8.60. The number of hydrogen-bond acceptors (Lipinski definition) is 2. The third-order valence-electron chi connectivity index (χ3n) is 3.71. The minimum Gasteiger partial charge on any atom is -0.351 e. The summed E-state index contributed by atoms with van der Waals surface area (Å²) in [6.07, 6.45) is 0. The van der Waals surface area contributed by atoms with Crippen molar-refractivity contribution < 1.29 is 22.8 Å². The highest BCUT2D eigenvalue weighted by Crippen LogP contribution is 2.22. The van der Waals surface area contributed by atoms with Crippen molar-refractivity contribution in [2.24, 2.45) is 5.41 Å². The summed E-state index contributed by atoms with van der Waals surface area (Å²) in [5.74, 6) is -3.63. The zero-order valence-corrected chi connectivity index (χ0v) is 13.7. The van der Waals surface area contributed by atoms with Crippen LogP contribution in [0.25, 0.3) is 0 Å². The number of halogens is 3. The number of carbonyl (C=O) groups is 2. The lowest BCUT2D eigenvalue weighted by molar-refractivity contribution is -0.138. The second-order valence-corrected chi connectivity index (χ2v) is 5.98. The van der Waals surface area contributed by atoms with Crippen molar-refractivity contribution in [1.82, 2.24) is 5.32 Å². The maximum atomic E-state index is 13.6. The van der Waals surface area contributed by atoms with E-state index in [4.69, 9.17) is 0 Å². The van der Waals surface area contributed by atoms with Gasteiger partial charge in [-0.25, -0.2) is 13.2 Å². The van der Waals surface area contributed by atoms with Crippen LogP contribution in [0.2, 0.25) is 0 Å². The van der Waals surface area contributed by atoms with Crippen molar-refractivity contribution in [1.29, 1.82) is 0 Å². The van der Waals surface area contributed by atoms with Gasteiger partial charge in [-0.3, -0.25) is 9.59 Å². The van der Waals surface area contributed by atoms with Crippen molar-refractivity contribution in [3.8, 4) is 0 Å². The fraction of sp³-hybridized carbons (Fsp3) is 0.222. The lowest BCUT2D eigenvalue weighted by atomic mass is 9.90. The third-order valence-corrected chi connectivity index (χ3v) is 3.71. The molecule has 0 saturated heterocycles. The van der Waals surface area contributed by atoms with E-state index in [2.05, 4.69) is 10.6 Å². The number of rotatable bonds is 5. The highest BCUT2D eigenvalue weighted by atomic mass is 19.1. The predicted molar refractivity (Wildman–Crippen MR) is 87.0 cm³/mol. The van der Waals surface area contributed by atoms with E-state index in [0.717, 1.165) is 12.1 Å². The molecule has 7 heteroatoms. The molecule has 0 saturated carbocycles. The maximum Gasteiger partial charge on any atom is 0.239 e. The van der Waals surface area contributed by atoms with Crippen LogP contribution in [0.3, 0.4) is 0 Å². The first-order valence-electron chi connectivity index (χ1n) is 7.50. The first kappa shape index (κ1) is 18.5. The smallest absolute Gasteiger partial charge is 0.239 e. The van der Waals surface area contributed by atoms with Crippen molar-refractivity contribution >= 4 is 17.5 Å². The van der Waals surface area contributed by atoms with Crippen LogP contribution < -0.4 is 10.6 Å². The quantitative estimate of drug-likeness (QED) is 0.812. The lowest BCUT2D eigenvalue weighted by Crippen LogP contribution is -2.45. The highest BCUT2D eigenvalue weighted by Gasteiger charge is 2.36. The molecule has 25 heavy (non-hydrogen) atoms. The molecule has 0 heterocycles. The van der Waals surface area contributed by atoms with Gasteiger partial charge in [-0.1, -0.05) is 18.2 Å². The van der Waals surface area contributed by atoms with Gasteiger partial charge in [0.05, 0.1) is 5.69 Å². The van der Waals surface area contributed by atoms with Crippen molar-refractivity contribution in [2.75, 3.05) is 5.32 Å². The lowest BCUT2D eigenvalue weighted by Gasteiger charge is -2.23. The van der Waals surface area contributed by atoms with E-state index < -0.39 is 34.7 Å². The molecule has 0 unspecified atom stereocenters. The zero-order chi connectivity index (χ0) is 18.6. The van der Waals surface area contributed by atoms with Gasteiger partial charge in [0, 0.05) is 18.2 Å². The van der Waals surface area contributed by atoms with Crippen LogP contribution >= 0.6 is 0 Å². The Morgan fingerprint density at radius 1 is 0.960 bits per heavy atom. The average molecular weight is 350 g/mol. The van der Waals surface area contributed by atoms with E-state index >= 15 is 0 Å². The molecule has 2 N–H and O–H groups in total. The Kier molecular flexibility index (Phi) is 5.46. The van der Waals surface area contributed by atoms with Gasteiger partial charge >= 0.3 is 0 Å². The second-order valence-electron chi connectivity index (χ2n) is 5.98. The van der Waals surface area contributed by atoms with E-state index in [1.807, 2.05) is 0 Å². The monoisotopic (exact) mass is 350 g/mol. The normalized spacial score (nSPS) is 11.1. The van der Waals surface area contributed by atoms with E-state index in [1.165, 1.54) is 32.0 Å². The van der Waals surface area contributed by atoms with Crippen molar-refractivity contribution in [3.63, 3.8) is 0 Å². The van der Waals surface area contributed by atoms with Gasteiger partial charge in [-0.15, -0.1) is 0 Å². The standard InChI is InChI=1S/C18H17F3N2O2/c1-18(2,16(24)22-10-11-5-3-4-6-13(11)20)17(25)23-15-8-7-12(19)9-14(15)21/h3-9H,10H2,1-2H3,(H,22,24)(H,23,25). The summed E-state index contributed by atoms with van der Waals surface area (Å²) in [7, 11) is 0. The molecule has 2 amide bonds. The van der Waals surface area contributed by atoms with Crippen molar-refractivity contribution in [3.05, 3.63) is 65.5 Å². The molecule has 2 aromatic carbocycles. The van der Waals surface area contributed by atoms with Crippen molar-refractivity contribution in [2.45, 2.75) is 20.4 Å². The molecular weight excluding hydrogens is 333 g/mol. The topological polar surface area (TPSA) is 58.2 Å². The van der Waals surface area contributed by atoms with Crippen LogP contribution in [0.1, 0.15) is 19.4 Å². The fourth-order valence-electron chi connectivity index (χ4n) is 2.01. The summed E-state index contributed by atoms with van der Waals surface area (Å²) in [6.45, 7) is 2.61. The molecule has 132 valence electrons. The molecule has 0 aromatic heterocycles. The van der Waals surface area contributed by atoms with Gasteiger partial charge in [-0.05, 0) is 32.0 Å². The SMILES string of the molecule is CC(C)(C(=O)NCc1ccccc1F)C(=O)Nc1ccc(F)cc1F. The molecule has 0 radical (unpaired) electrons. The largest absolute Gasteiger partial charge is 0.351 e. The number of amides is 2. The van der Waals surface area contributed by atoms with E-state index in [9.17, 15) is 22.8 Å². The number of benzene rings is 2. The Balaban J connectivity index is 2.04. The predicted octanol–water partition coefficient (Wildman–Crippen LogP) is 3.39. The van der Waals surface area contributed by atoms with Gasteiger partial charge in [0.15, 0.2) is 0 Å². The van der Waals surface area contributed by atoms with Crippen LogP contribution in [0, 0.1) is 22.9 Å². The number of carbonyl (C=O) groups excluding carboxylic acids is 2. The summed E-state index contributed by atoms with van der Waals surface area (Å²) < 4.78 is 40.1.